The largest absolute Gasteiger partial charge is 0.343 e. The molecule has 0 aromatic rings. The molecule has 0 spiro atoms. The molecule has 6 heteroatoms. The lowest BCUT2D eigenvalue weighted by Crippen LogP contribution is -2.50. The van der Waals surface area contributed by atoms with Gasteiger partial charge in [0.1, 0.15) is 0 Å². The Morgan fingerprint density at radius 1 is 0.909 bits per heavy atom. The first-order valence-electron chi connectivity index (χ1n) is 2.90. The van der Waals surface area contributed by atoms with Crippen molar-refractivity contribution in [1.29, 1.82) is 0 Å². The molecule has 1 radical (unpaired) electrons. The number of rotatable bonds is 3. The molecule has 11 heavy (non-hydrogen) atoms. The smallest absolute Gasteiger partial charge is 0.290 e. The fourth-order valence-electron chi connectivity index (χ4n) is 0.699. The molecule has 0 aliphatic heterocycles. The molecular formula is C5H11O6. The highest BCUT2D eigenvalue weighted by Crippen LogP contribution is 2.26. The Bertz CT molecular complexity index is 106. The second-order valence-electron chi connectivity index (χ2n) is 2.10. The molecular weight excluding hydrogens is 156 g/mol. The Morgan fingerprint density at radius 2 is 1.18 bits per heavy atom. The zero-order valence-electron chi connectivity index (χ0n) is 5.89. The van der Waals surface area contributed by atoms with E-state index in [2.05, 4.69) is 0 Å². The van der Waals surface area contributed by atoms with Gasteiger partial charge in [-0.1, -0.05) is 6.92 Å². The molecule has 0 aromatic heterocycles. The maximum atomic E-state index is 8.41. The van der Waals surface area contributed by atoms with E-state index in [1.807, 2.05) is 0 Å². The van der Waals surface area contributed by atoms with Gasteiger partial charge in [0.05, 0.1) is 0 Å². The molecule has 0 saturated heterocycles. The highest BCUT2D eigenvalue weighted by Gasteiger charge is 2.46. The summed E-state index contributed by atoms with van der Waals surface area (Å²) < 4.78 is 0. The van der Waals surface area contributed by atoms with Crippen LogP contribution in [0.15, 0.2) is 0 Å². The third kappa shape index (κ3) is 3.10. The van der Waals surface area contributed by atoms with Gasteiger partial charge in [-0.15, -0.1) is 0 Å². The van der Waals surface area contributed by atoms with Crippen molar-refractivity contribution in [2.75, 3.05) is 0 Å². The maximum Gasteiger partial charge on any atom is 0.290 e. The van der Waals surface area contributed by atoms with Crippen LogP contribution < -0.4 is 0 Å². The van der Waals surface area contributed by atoms with Crippen molar-refractivity contribution in [2.24, 2.45) is 0 Å². The predicted molar refractivity (Wildman–Crippen MR) is 32.3 cm³/mol. The summed E-state index contributed by atoms with van der Waals surface area (Å²) in [6.07, 6.45) is -0.299. The second-order valence-corrected chi connectivity index (χ2v) is 2.10. The Labute approximate surface area is 63.0 Å². The quantitative estimate of drug-likeness (QED) is 0.253. The summed E-state index contributed by atoms with van der Waals surface area (Å²) in [5.74, 6) is -7.77. The summed E-state index contributed by atoms with van der Waals surface area (Å²) in [4.78, 5) is 0. The van der Waals surface area contributed by atoms with Gasteiger partial charge in [0.15, 0.2) is 5.92 Å². The van der Waals surface area contributed by atoms with Crippen molar-refractivity contribution in [3.63, 3.8) is 0 Å². The zero-order chi connectivity index (χ0) is 9.28. The highest BCUT2D eigenvalue weighted by atomic mass is 16.7. The van der Waals surface area contributed by atoms with Crippen molar-refractivity contribution in [3.8, 4) is 0 Å². The Hall–Kier alpha value is -0.240. The monoisotopic (exact) mass is 167 g/mol. The summed E-state index contributed by atoms with van der Waals surface area (Å²) >= 11 is 0. The van der Waals surface area contributed by atoms with E-state index < -0.39 is 17.9 Å². The average Bonchev–Trinajstić information content (AvgIpc) is 1.56. The zero-order valence-corrected chi connectivity index (χ0v) is 5.89. The van der Waals surface area contributed by atoms with E-state index in [1.165, 1.54) is 6.92 Å². The molecule has 0 aliphatic rings. The first kappa shape index (κ1) is 10.8. The SMILES string of the molecule is CC[C](C(O)(O)O)C(O)(O)O. The van der Waals surface area contributed by atoms with Gasteiger partial charge in [0.2, 0.25) is 0 Å². The minimum absolute atomic E-state index is 0.299. The lowest BCUT2D eigenvalue weighted by molar-refractivity contribution is -0.377. The van der Waals surface area contributed by atoms with Gasteiger partial charge < -0.3 is 30.6 Å². The summed E-state index contributed by atoms with van der Waals surface area (Å²) in [6.45, 7) is 1.30. The molecule has 67 valence electrons. The second kappa shape index (κ2) is 3.02. The Morgan fingerprint density at radius 3 is 1.18 bits per heavy atom. The van der Waals surface area contributed by atoms with Crippen molar-refractivity contribution < 1.29 is 30.6 Å². The van der Waals surface area contributed by atoms with E-state index in [1.54, 1.807) is 0 Å². The van der Waals surface area contributed by atoms with E-state index in [9.17, 15) is 0 Å². The van der Waals surface area contributed by atoms with Gasteiger partial charge >= 0.3 is 0 Å². The first-order chi connectivity index (χ1) is 4.69. The van der Waals surface area contributed by atoms with Gasteiger partial charge in [-0.2, -0.15) is 0 Å². The molecule has 0 amide bonds. The van der Waals surface area contributed by atoms with E-state index in [0.717, 1.165) is 0 Å². The molecule has 0 rings (SSSR count). The van der Waals surface area contributed by atoms with E-state index in [-0.39, 0.29) is 6.42 Å². The van der Waals surface area contributed by atoms with Crippen LogP contribution in [0.25, 0.3) is 0 Å². The van der Waals surface area contributed by atoms with Crippen LogP contribution in [0.5, 0.6) is 0 Å². The van der Waals surface area contributed by atoms with Gasteiger partial charge in [-0.05, 0) is 6.42 Å². The van der Waals surface area contributed by atoms with Crippen LogP contribution in [-0.2, 0) is 0 Å². The van der Waals surface area contributed by atoms with Crippen LogP contribution in [0.1, 0.15) is 13.3 Å². The van der Waals surface area contributed by atoms with Crippen LogP contribution in [-0.4, -0.2) is 42.6 Å². The lowest BCUT2D eigenvalue weighted by atomic mass is 10.0. The first-order valence-corrected chi connectivity index (χ1v) is 2.90. The molecule has 0 aliphatic carbocycles. The van der Waals surface area contributed by atoms with Crippen molar-refractivity contribution >= 4 is 0 Å². The average molecular weight is 167 g/mol. The number of hydrogen-bond acceptors (Lipinski definition) is 6. The summed E-state index contributed by atoms with van der Waals surface area (Å²) in [6, 6.07) is 0. The maximum absolute atomic E-state index is 8.41. The minimum Gasteiger partial charge on any atom is -0.343 e. The van der Waals surface area contributed by atoms with Gasteiger partial charge in [-0.3, -0.25) is 0 Å². The molecule has 6 N–H and O–H groups in total. The summed E-state index contributed by atoms with van der Waals surface area (Å²) in [5.41, 5.74) is 0. The van der Waals surface area contributed by atoms with Gasteiger partial charge in [-0.25, -0.2) is 0 Å². The Balaban J connectivity index is 4.43. The van der Waals surface area contributed by atoms with Gasteiger partial charge in [0, 0.05) is 0 Å². The van der Waals surface area contributed by atoms with Crippen molar-refractivity contribution in [1.82, 2.24) is 0 Å². The standard InChI is InChI=1S/C5H11O6/c1-2-3(4(6,7)8)5(9,10)11/h6-11H,2H2,1H3. The summed E-state index contributed by atoms with van der Waals surface area (Å²) in [5, 5.41) is 50.4. The molecule has 6 nitrogen and oxygen atoms in total. The van der Waals surface area contributed by atoms with Crippen LogP contribution >= 0.6 is 0 Å². The van der Waals surface area contributed by atoms with Crippen LogP contribution in [0.2, 0.25) is 0 Å². The predicted octanol–water partition coefficient (Wildman–Crippen LogP) is -2.77. The molecule has 0 bridgehead atoms. The van der Waals surface area contributed by atoms with Crippen molar-refractivity contribution in [2.45, 2.75) is 25.3 Å². The normalized spacial score (nSPS) is 14.2. The summed E-state index contributed by atoms with van der Waals surface area (Å²) in [7, 11) is 0. The lowest BCUT2D eigenvalue weighted by Gasteiger charge is -2.30. The molecule has 0 atom stereocenters. The molecule has 0 unspecified atom stereocenters. The molecule has 0 fully saturated rings. The minimum atomic E-state index is -3.38. The van der Waals surface area contributed by atoms with Crippen molar-refractivity contribution in [3.05, 3.63) is 5.92 Å². The third-order valence-corrected chi connectivity index (χ3v) is 1.16. The van der Waals surface area contributed by atoms with Crippen LogP contribution in [0.4, 0.5) is 0 Å². The number of aliphatic hydroxyl groups is 6. The van der Waals surface area contributed by atoms with Gasteiger partial charge in [0.25, 0.3) is 11.9 Å². The highest BCUT2D eigenvalue weighted by molar-refractivity contribution is 5.01. The van der Waals surface area contributed by atoms with Crippen LogP contribution in [0.3, 0.4) is 0 Å². The molecule has 0 saturated carbocycles. The van der Waals surface area contributed by atoms with Crippen LogP contribution in [0, 0.1) is 5.92 Å². The fourth-order valence-corrected chi connectivity index (χ4v) is 0.699. The molecule has 0 aromatic carbocycles. The van der Waals surface area contributed by atoms with E-state index in [4.69, 9.17) is 30.6 Å². The fraction of sp³-hybridized carbons (Fsp3) is 0.800. The topological polar surface area (TPSA) is 121 Å². The van der Waals surface area contributed by atoms with E-state index in [0.29, 0.717) is 0 Å². The Kier molecular flexibility index (Phi) is 2.95. The van der Waals surface area contributed by atoms with E-state index >= 15 is 0 Å². The molecule has 0 heterocycles. The third-order valence-electron chi connectivity index (χ3n) is 1.16. The number of hydrogen-bond donors (Lipinski definition) is 6.